The molecule has 0 radical (unpaired) electrons. The van der Waals surface area contributed by atoms with Gasteiger partial charge in [0.25, 0.3) is 5.69 Å². The molecule has 0 aliphatic heterocycles. The Labute approximate surface area is 101 Å². The molecule has 2 rings (SSSR count). The number of nitro groups is 1. The number of non-ortho nitro benzene ring substituents is 1. The molecule has 0 aliphatic rings. The van der Waals surface area contributed by atoms with E-state index in [1.165, 1.54) is 18.2 Å². The van der Waals surface area contributed by atoms with Crippen LogP contribution in [-0.2, 0) is 6.61 Å². The second-order valence-corrected chi connectivity index (χ2v) is 3.53. The lowest BCUT2D eigenvalue weighted by molar-refractivity contribution is -0.384. The van der Waals surface area contributed by atoms with Crippen LogP contribution in [0.4, 0.5) is 10.1 Å². The lowest BCUT2D eigenvalue weighted by Crippen LogP contribution is -1.95. The van der Waals surface area contributed by atoms with Crippen LogP contribution in [0.2, 0.25) is 0 Å². The van der Waals surface area contributed by atoms with E-state index in [0.717, 1.165) is 12.4 Å². The number of rotatable bonds is 3. The van der Waals surface area contributed by atoms with Crippen molar-refractivity contribution >= 4 is 5.69 Å². The largest absolute Gasteiger partial charge is 0.392 e. The highest BCUT2D eigenvalue weighted by Crippen LogP contribution is 2.23. The summed E-state index contributed by atoms with van der Waals surface area (Å²) in [5.74, 6) is -0.429. The molecule has 6 nitrogen and oxygen atoms in total. The number of halogens is 1. The zero-order valence-corrected chi connectivity index (χ0v) is 9.08. The second kappa shape index (κ2) is 4.84. The first-order valence-corrected chi connectivity index (χ1v) is 4.97. The Morgan fingerprint density at radius 3 is 2.50 bits per heavy atom. The van der Waals surface area contributed by atoms with Gasteiger partial charge in [-0.1, -0.05) is 0 Å². The maximum atomic E-state index is 12.7. The van der Waals surface area contributed by atoms with Crippen LogP contribution in [0.1, 0.15) is 5.56 Å². The summed E-state index contributed by atoms with van der Waals surface area (Å²) in [6.45, 7) is -0.337. The van der Waals surface area contributed by atoms with Crippen molar-refractivity contribution in [3.05, 3.63) is 52.1 Å². The van der Waals surface area contributed by atoms with Crippen LogP contribution in [0.3, 0.4) is 0 Å². The summed E-state index contributed by atoms with van der Waals surface area (Å²) in [6, 6.07) is 4.04. The Bertz CT molecular complexity index is 587. The van der Waals surface area contributed by atoms with Gasteiger partial charge in [0, 0.05) is 17.7 Å². The molecule has 0 aliphatic carbocycles. The normalized spacial score (nSPS) is 10.3. The number of nitrogens with zero attached hydrogens (tertiary/aromatic N) is 3. The van der Waals surface area contributed by atoms with Gasteiger partial charge < -0.3 is 5.11 Å². The van der Waals surface area contributed by atoms with Crippen molar-refractivity contribution in [2.75, 3.05) is 0 Å². The zero-order valence-electron chi connectivity index (χ0n) is 9.08. The highest BCUT2D eigenvalue weighted by molar-refractivity contribution is 5.60. The molecule has 0 saturated carbocycles. The molecule has 1 heterocycles. The quantitative estimate of drug-likeness (QED) is 0.660. The minimum absolute atomic E-state index is 0.162. The summed E-state index contributed by atoms with van der Waals surface area (Å²) >= 11 is 0. The van der Waals surface area contributed by atoms with Crippen molar-refractivity contribution in [2.24, 2.45) is 0 Å². The molecule has 0 unspecified atom stereocenters. The van der Waals surface area contributed by atoms with Gasteiger partial charge in [-0.2, -0.15) is 0 Å². The fraction of sp³-hybridized carbons (Fsp3) is 0.0909. The Morgan fingerprint density at radius 2 is 1.94 bits per heavy atom. The van der Waals surface area contributed by atoms with Crippen LogP contribution in [-0.4, -0.2) is 20.0 Å². The molecule has 1 N–H and O–H groups in total. The van der Waals surface area contributed by atoms with Crippen molar-refractivity contribution in [3.63, 3.8) is 0 Å². The third kappa shape index (κ3) is 2.46. The smallest absolute Gasteiger partial charge is 0.270 e. The van der Waals surface area contributed by atoms with Crippen molar-refractivity contribution in [1.29, 1.82) is 0 Å². The van der Waals surface area contributed by atoms with Crippen LogP contribution in [0.5, 0.6) is 0 Å². The van der Waals surface area contributed by atoms with Gasteiger partial charge in [-0.05, 0) is 11.6 Å². The maximum absolute atomic E-state index is 12.7. The van der Waals surface area contributed by atoms with Crippen LogP contribution in [0.25, 0.3) is 11.4 Å². The number of hydrogen-bond acceptors (Lipinski definition) is 5. The monoisotopic (exact) mass is 249 g/mol. The molecule has 0 atom stereocenters. The van der Waals surface area contributed by atoms with E-state index in [2.05, 4.69) is 9.97 Å². The van der Waals surface area contributed by atoms with Crippen LogP contribution in [0.15, 0.2) is 30.6 Å². The molecule has 2 aromatic rings. The summed E-state index contributed by atoms with van der Waals surface area (Å²) in [5, 5.41) is 19.8. The summed E-state index contributed by atoms with van der Waals surface area (Å²) < 4.78 is 12.7. The lowest BCUT2D eigenvalue weighted by Gasteiger charge is -2.03. The molecule has 0 spiro atoms. The Hall–Kier alpha value is -2.41. The first-order valence-electron chi connectivity index (χ1n) is 4.97. The van der Waals surface area contributed by atoms with Gasteiger partial charge in [0.05, 0.1) is 23.9 Å². The third-order valence-corrected chi connectivity index (χ3v) is 2.25. The fourth-order valence-corrected chi connectivity index (χ4v) is 1.46. The summed E-state index contributed by atoms with van der Waals surface area (Å²) in [5.41, 5.74) is 0.546. The van der Waals surface area contributed by atoms with Gasteiger partial charge in [-0.15, -0.1) is 0 Å². The van der Waals surface area contributed by atoms with Gasteiger partial charge in [0.1, 0.15) is 0 Å². The summed E-state index contributed by atoms with van der Waals surface area (Å²) in [4.78, 5) is 17.6. The summed E-state index contributed by atoms with van der Waals surface area (Å²) in [7, 11) is 0. The maximum Gasteiger partial charge on any atom is 0.270 e. The minimum Gasteiger partial charge on any atom is -0.392 e. The molecule has 0 fully saturated rings. The molecule has 18 heavy (non-hydrogen) atoms. The number of benzene rings is 1. The molecular formula is C11H8FN3O3. The van der Waals surface area contributed by atoms with Crippen molar-refractivity contribution < 1.29 is 14.4 Å². The van der Waals surface area contributed by atoms with Crippen LogP contribution < -0.4 is 0 Å². The summed E-state index contributed by atoms with van der Waals surface area (Å²) in [6.07, 6.45) is 1.94. The lowest BCUT2D eigenvalue weighted by atomic mass is 10.1. The first kappa shape index (κ1) is 12.1. The minimum atomic E-state index is -0.591. The Kier molecular flexibility index (Phi) is 3.24. The molecule has 0 saturated heterocycles. The Morgan fingerprint density at radius 1 is 1.28 bits per heavy atom. The van der Waals surface area contributed by atoms with Crippen LogP contribution >= 0.6 is 0 Å². The van der Waals surface area contributed by atoms with Gasteiger partial charge >= 0.3 is 0 Å². The standard InChI is InChI=1S/C11H8FN3O3/c12-9-4-13-11(14-5-9)8-1-7(6-16)2-10(3-8)15(17)18/h1-5,16H,6H2. The molecule has 0 bridgehead atoms. The number of nitro benzene ring substituents is 1. The van der Waals surface area contributed by atoms with Crippen LogP contribution in [0, 0.1) is 15.9 Å². The van der Waals surface area contributed by atoms with Gasteiger partial charge in [-0.3, -0.25) is 10.1 Å². The number of aliphatic hydroxyl groups excluding tert-OH is 1. The molecular weight excluding hydrogens is 241 g/mol. The van der Waals surface area contributed by atoms with E-state index in [1.54, 1.807) is 0 Å². The molecule has 92 valence electrons. The van der Waals surface area contributed by atoms with Crippen molar-refractivity contribution in [3.8, 4) is 11.4 Å². The van der Waals surface area contributed by atoms with E-state index in [9.17, 15) is 14.5 Å². The van der Waals surface area contributed by atoms with Gasteiger partial charge in [0.2, 0.25) is 0 Å². The molecule has 1 aromatic carbocycles. The number of aromatic nitrogens is 2. The van der Waals surface area contributed by atoms with Crippen molar-refractivity contribution in [2.45, 2.75) is 6.61 Å². The van der Waals surface area contributed by atoms with E-state index in [0.29, 0.717) is 11.1 Å². The predicted molar refractivity (Wildman–Crippen MR) is 60.0 cm³/mol. The molecule has 1 aromatic heterocycles. The highest BCUT2D eigenvalue weighted by atomic mass is 19.1. The van der Waals surface area contributed by atoms with E-state index in [4.69, 9.17) is 5.11 Å². The molecule has 0 amide bonds. The number of hydrogen-bond donors (Lipinski definition) is 1. The van der Waals surface area contributed by atoms with Gasteiger partial charge in [0.15, 0.2) is 11.6 Å². The third-order valence-electron chi connectivity index (χ3n) is 2.25. The van der Waals surface area contributed by atoms with E-state index in [1.807, 2.05) is 0 Å². The SMILES string of the molecule is O=[N+]([O-])c1cc(CO)cc(-c2ncc(F)cn2)c1. The second-order valence-electron chi connectivity index (χ2n) is 3.53. The molecule has 7 heteroatoms. The average molecular weight is 249 g/mol. The predicted octanol–water partition coefficient (Wildman–Crippen LogP) is 1.68. The topological polar surface area (TPSA) is 89.2 Å². The van der Waals surface area contributed by atoms with E-state index >= 15 is 0 Å². The van der Waals surface area contributed by atoms with Crippen molar-refractivity contribution in [1.82, 2.24) is 9.97 Å². The Balaban J connectivity index is 2.52. The van der Waals surface area contributed by atoms with E-state index < -0.39 is 10.7 Å². The first-order chi connectivity index (χ1) is 8.60. The highest BCUT2D eigenvalue weighted by Gasteiger charge is 2.12. The fourth-order valence-electron chi connectivity index (χ4n) is 1.46. The zero-order chi connectivity index (χ0) is 13.1. The average Bonchev–Trinajstić information content (AvgIpc) is 2.39. The van der Waals surface area contributed by atoms with E-state index in [-0.39, 0.29) is 18.1 Å². The van der Waals surface area contributed by atoms with Gasteiger partial charge in [-0.25, -0.2) is 14.4 Å². The number of aliphatic hydroxyl groups is 1.